The number of piperidine rings is 1. The van der Waals surface area contributed by atoms with Crippen molar-refractivity contribution < 1.29 is 14.3 Å². The zero-order valence-electron chi connectivity index (χ0n) is 11.1. The molecule has 0 radical (unpaired) electrons. The van der Waals surface area contributed by atoms with E-state index in [9.17, 15) is 4.79 Å². The largest absolute Gasteiger partial charge is 0.347 e. The van der Waals surface area contributed by atoms with Crippen LogP contribution in [0.4, 0.5) is 0 Å². The van der Waals surface area contributed by atoms with Crippen LogP contribution in [-0.4, -0.2) is 47.9 Å². The van der Waals surface area contributed by atoms with Crippen LogP contribution in [0, 0.1) is 6.92 Å². The van der Waals surface area contributed by atoms with Gasteiger partial charge in [-0.3, -0.25) is 4.79 Å². The predicted octanol–water partition coefficient (Wildman–Crippen LogP) is 1.37. The lowest BCUT2D eigenvalue weighted by molar-refractivity contribution is -0.181. The lowest BCUT2D eigenvalue weighted by Gasteiger charge is -2.37. The molecule has 1 aromatic rings. The molecule has 3 rings (SSSR count). The molecular weight excluding hydrogens is 244 g/mol. The third-order valence-corrected chi connectivity index (χ3v) is 3.73. The second-order valence-electron chi connectivity index (χ2n) is 5.06. The topological polar surface area (TPSA) is 51.7 Å². The van der Waals surface area contributed by atoms with E-state index >= 15 is 0 Å². The van der Waals surface area contributed by atoms with Gasteiger partial charge in [-0.2, -0.15) is 0 Å². The Hall–Kier alpha value is -1.46. The number of carbonyl (C=O) groups excluding carboxylic acids is 1. The second-order valence-corrected chi connectivity index (χ2v) is 5.06. The number of aryl methyl sites for hydroxylation is 1. The van der Waals surface area contributed by atoms with Crippen LogP contribution in [0.5, 0.6) is 0 Å². The number of amides is 1. The highest BCUT2D eigenvalue weighted by molar-refractivity contribution is 5.92. The van der Waals surface area contributed by atoms with Gasteiger partial charge in [0.15, 0.2) is 5.79 Å². The summed E-state index contributed by atoms with van der Waals surface area (Å²) >= 11 is 0. The highest BCUT2D eigenvalue weighted by atomic mass is 16.7. The Kier molecular flexibility index (Phi) is 3.24. The van der Waals surface area contributed by atoms with E-state index in [2.05, 4.69) is 4.98 Å². The Morgan fingerprint density at radius 3 is 2.58 bits per heavy atom. The highest BCUT2D eigenvalue weighted by Gasteiger charge is 2.40. The van der Waals surface area contributed by atoms with Gasteiger partial charge in [-0.15, -0.1) is 0 Å². The summed E-state index contributed by atoms with van der Waals surface area (Å²) in [6, 6.07) is 5.52. The maximum Gasteiger partial charge on any atom is 0.272 e. The Morgan fingerprint density at radius 2 is 1.95 bits per heavy atom. The van der Waals surface area contributed by atoms with Crippen molar-refractivity contribution in [2.24, 2.45) is 0 Å². The molecule has 0 atom stereocenters. The SMILES string of the molecule is Cc1cccc(C(=O)N2CCC3(CC2)OCCO3)n1. The minimum Gasteiger partial charge on any atom is -0.347 e. The fourth-order valence-electron chi connectivity index (χ4n) is 2.66. The number of rotatable bonds is 1. The van der Waals surface area contributed by atoms with Crippen LogP contribution < -0.4 is 0 Å². The molecule has 0 aliphatic carbocycles. The van der Waals surface area contributed by atoms with Crippen LogP contribution in [0.2, 0.25) is 0 Å². The van der Waals surface area contributed by atoms with Crippen LogP contribution >= 0.6 is 0 Å². The summed E-state index contributed by atoms with van der Waals surface area (Å²) in [6.45, 7) is 4.53. The van der Waals surface area contributed by atoms with Gasteiger partial charge >= 0.3 is 0 Å². The van der Waals surface area contributed by atoms with Crippen LogP contribution in [0.3, 0.4) is 0 Å². The first-order valence-corrected chi connectivity index (χ1v) is 6.69. The van der Waals surface area contributed by atoms with Crippen molar-refractivity contribution in [1.82, 2.24) is 9.88 Å². The van der Waals surface area contributed by atoms with Gasteiger partial charge in [0, 0.05) is 31.6 Å². The minimum atomic E-state index is -0.434. The smallest absolute Gasteiger partial charge is 0.272 e. The van der Waals surface area contributed by atoms with Crippen LogP contribution in [-0.2, 0) is 9.47 Å². The zero-order chi connectivity index (χ0) is 13.3. The normalized spacial score (nSPS) is 21.8. The van der Waals surface area contributed by atoms with Gasteiger partial charge < -0.3 is 14.4 Å². The molecule has 2 aliphatic rings. The van der Waals surface area contributed by atoms with Gasteiger partial charge in [0.05, 0.1) is 13.2 Å². The van der Waals surface area contributed by atoms with E-state index in [4.69, 9.17) is 9.47 Å². The van der Waals surface area contributed by atoms with E-state index < -0.39 is 5.79 Å². The summed E-state index contributed by atoms with van der Waals surface area (Å²) in [5.74, 6) is -0.437. The van der Waals surface area contributed by atoms with E-state index in [-0.39, 0.29) is 5.91 Å². The first-order chi connectivity index (χ1) is 9.19. The first-order valence-electron chi connectivity index (χ1n) is 6.69. The molecule has 102 valence electrons. The number of carbonyl (C=O) groups is 1. The molecule has 19 heavy (non-hydrogen) atoms. The summed E-state index contributed by atoms with van der Waals surface area (Å²) in [4.78, 5) is 18.5. The van der Waals surface area contributed by atoms with Gasteiger partial charge in [-0.25, -0.2) is 4.98 Å². The molecule has 1 amide bonds. The standard InChI is InChI=1S/C14H18N2O3/c1-11-3-2-4-12(15-11)13(17)16-7-5-14(6-8-16)18-9-10-19-14/h2-4H,5-10H2,1H3. The Morgan fingerprint density at radius 1 is 1.26 bits per heavy atom. The van der Waals surface area contributed by atoms with Crippen molar-refractivity contribution in [1.29, 1.82) is 0 Å². The molecule has 0 saturated carbocycles. The number of pyridine rings is 1. The van der Waals surface area contributed by atoms with Gasteiger partial charge in [0.1, 0.15) is 5.69 Å². The third-order valence-electron chi connectivity index (χ3n) is 3.73. The molecule has 2 saturated heterocycles. The highest BCUT2D eigenvalue weighted by Crippen LogP contribution is 2.31. The molecule has 0 unspecified atom stereocenters. The quantitative estimate of drug-likeness (QED) is 0.767. The van der Waals surface area contributed by atoms with E-state index in [1.165, 1.54) is 0 Å². The van der Waals surface area contributed by atoms with E-state index in [0.717, 1.165) is 18.5 Å². The van der Waals surface area contributed by atoms with Crippen molar-refractivity contribution in [3.8, 4) is 0 Å². The molecule has 0 bridgehead atoms. The fraction of sp³-hybridized carbons (Fsp3) is 0.571. The average Bonchev–Trinajstić information content (AvgIpc) is 2.87. The minimum absolute atomic E-state index is 0.00320. The molecule has 0 aromatic carbocycles. The van der Waals surface area contributed by atoms with Gasteiger partial charge in [0.2, 0.25) is 0 Å². The van der Waals surface area contributed by atoms with Crippen molar-refractivity contribution in [3.63, 3.8) is 0 Å². The Balaban J connectivity index is 1.66. The predicted molar refractivity (Wildman–Crippen MR) is 68.7 cm³/mol. The summed E-state index contributed by atoms with van der Waals surface area (Å²) in [5.41, 5.74) is 1.38. The summed E-state index contributed by atoms with van der Waals surface area (Å²) < 4.78 is 11.3. The number of hydrogen-bond acceptors (Lipinski definition) is 4. The Labute approximate surface area is 112 Å². The van der Waals surface area contributed by atoms with Crippen molar-refractivity contribution in [3.05, 3.63) is 29.6 Å². The maximum atomic E-state index is 12.3. The monoisotopic (exact) mass is 262 g/mol. The lowest BCUT2D eigenvalue weighted by Crippen LogP contribution is -2.47. The molecule has 3 heterocycles. The number of likely N-dealkylation sites (tertiary alicyclic amines) is 1. The van der Waals surface area contributed by atoms with Crippen molar-refractivity contribution >= 4 is 5.91 Å². The fourth-order valence-corrected chi connectivity index (χ4v) is 2.66. The summed E-state index contributed by atoms with van der Waals surface area (Å²) in [7, 11) is 0. The van der Waals surface area contributed by atoms with Gasteiger partial charge in [-0.05, 0) is 19.1 Å². The van der Waals surface area contributed by atoms with Gasteiger partial charge in [-0.1, -0.05) is 6.07 Å². The van der Waals surface area contributed by atoms with Crippen molar-refractivity contribution in [2.75, 3.05) is 26.3 Å². The van der Waals surface area contributed by atoms with Gasteiger partial charge in [0.25, 0.3) is 5.91 Å². The molecule has 5 nitrogen and oxygen atoms in total. The summed E-state index contributed by atoms with van der Waals surface area (Å²) in [5, 5.41) is 0. The van der Waals surface area contributed by atoms with E-state index in [1.807, 2.05) is 24.0 Å². The number of hydrogen-bond donors (Lipinski definition) is 0. The molecule has 2 fully saturated rings. The van der Waals surface area contributed by atoms with Crippen molar-refractivity contribution in [2.45, 2.75) is 25.6 Å². The van der Waals surface area contributed by atoms with E-state index in [0.29, 0.717) is 32.0 Å². The molecule has 1 aromatic heterocycles. The first kappa shape index (κ1) is 12.6. The summed E-state index contributed by atoms with van der Waals surface area (Å²) in [6.07, 6.45) is 1.48. The third kappa shape index (κ3) is 2.48. The second kappa shape index (κ2) is 4.90. The molecule has 1 spiro atoms. The van der Waals surface area contributed by atoms with Crippen LogP contribution in [0.1, 0.15) is 29.0 Å². The molecular formula is C14H18N2O3. The van der Waals surface area contributed by atoms with Crippen LogP contribution in [0.25, 0.3) is 0 Å². The number of ether oxygens (including phenoxy) is 2. The van der Waals surface area contributed by atoms with E-state index in [1.54, 1.807) is 6.07 Å². The lowest BCUT2D eigenvalue weighted by atomic mass is 10.0. The maximum absolute atomic E-state index is 12.3. The van der Waals surface area contributed by atoms with Crippen LogP contribution in [0.15, 0.2) is 18.2 Å². The molecule has 5 heteroatoms. The number of aromatic nitrogens is 1. The number of nitrogens with zero attached hydrogens (tertiary/aromatic N) is 2. The Bertz CT molecular complexity index is 473. The molecule has 2 aliphatic heterocycles. The zero-order valence-corrected chi connectivity index (χ0v) is 11.1. The average molecular weight is 262 g/mol. The molecule has 0 N–H and O–H groups in total.